The van der Waals surface area contributed by atoms with Gasteiger partial charge in [0.15, 0.2) is 0 Å². The highest BCUT2D eigenvalue weighted by Gasteiger charge is 2.19. The number of allylic oxidation sites excluding steroid dienone is 1. The number of nitrogens with one attached hydrogen (secondary N) is 2. The summed E-state index contributed by atoms with van der Waals surface area (Å²) in [6.45, 7) is 3.30. The number of aliphatic carboxylic acids is 1. The number of unbranched alkanes of at least 4 members (excludes halogenated alkanes) is 1. The van der Waals surface area contributed by atoms with Crippen molar-refractivity contribution in [2.45, 2.75) is 31.9 Å². The third kappa shape index (κ3) is 7.98. The molecule has 0 unspecified atom stereocenters. The Morgan fingerprint density at radius 3 is 2.58 bits per heavy atom. The van der Waals surface area contributed by atoms with Gasteiger partial charge in [0.25, 0.3) is 0 Å². The van der Waals surface area contributed by atoms with E-state index in [0.717, 1.165) is 5.56 Å². The smallest absolute Gasteiger partial charge is 0.407 e. The lowest BCUT2D eigenvalue weighted by atomic mass is 10.1. The first-order valence-corrected chi connectivity index (χ1v) is 7.60. The third-order valence-electron chi connectivity index (χ3n) is 3.14. The SMILES string of the molecule is C=CCCC[C@@H](NC(=O)CNC(=O)OCc1ccccc1)C(=O)O. The van der Waals surface area contributed by atoms with Gasteiger partial charge in [-0.3, -0.25) is 4.79 Å². The van der Waals surface area contributed by atoms with Crippen LogP contribution in [-0.2, 0) is 20.9 Å². The molecule has 2 amide bonds. The minimum atomic E-state index is -1.11. The maximum Gasteiger partial charge on any atom is 0.407 e. The molecule has 1 atom stereocenters. The van der Waals surface area contributed by atoms with Gasteiger partial charge in [0.05, 0.1) is 0 Å². The first-order chi connectivity index (χ1) is 11.5. The summed E-state index contributed by atoms with van der Waals surface area (Å²) >= 11 is 0. The van der Waals surface area contributed by atoms with Crippen LogP contribution < -0.4 is 10.6 Å². The van der Waals surface area contributed by atoms with Gasteiger partial charge in [-0.05, 0) is 24.8 Å². The number of carboxylic acid groups (broad SMARTS) is 1. The highest BCUT2D eigenvalue weighted by Crippen LogP contribution is 2.02. The van der Waals surface area contributed by atoms with E-state index in [9.17, 15) is 14.4 Å². The summed E-state index contributed by atoms with van der Waals surface area (Å²) < 4.78 is 4.95. The van der Waals surface area contributed by atoms with E-state index in [4.69, 9.17) is 9.84 Å². The Morgan fingerprint density at radius 1 is 1.25 bits per heavy atom. The van der Waals surface area contributed by atoms with Gasteiger partial charge in [0.2, 0.25) is 5.91 Å². The Morgan fingerprint density at radius 2 is 1.96 bits per heavy atom. The van der Waals surface area contributed by atoms with Crippen LogP contribution in [0, 0.1) is 0 Å². The first-order valence-electron chi connectivity index (χ1n) is 7.60. The molecule has 1 rings (SSSR count). The van der Waals surface area contributed by atoms with Crippen molar-refractivity contribution in [3.63, 3.8) is 0 Å². The van der Waals surface area contributed by atoms with E-state index in [1.54, 1.807) is 18.2 Å². The number of hydrogen-bond donors (Lipinski definition) is 3. The molecule has 0 aliphatic rings. The van der Waals surface area contributed by atoms with Gasteiger partial charge >= 0.3 is 12.1 Å². The van der Waals surface area contributed by atoms with Crippen LogP contribution in [-0.4, -0.2) is 35.7 Å². The van der Waals surface area contributed by atoms with Crippen molar-refractivity contribution < 1.29 is 24.2 Å². The number of hydrogen-bond acceptors (Lipinski definition) is 4. The third-order valence-corrected chi connectivity index (χ3v) is 3.14. The standard InChI is InChI=1S/C17H22N2O5/c1-2-3-5-10-14(16(21)22)19-15(20)11-18-17(23)24-12-13-8-6-4-7-9-13/h2,4,6-9,14H,1,3,5,10-12H2,(H,18,23)(H,19,20)(H,21,22)/t14-/m1/s1. The van der Waals surface area contributed by atoms with Crippen molar-refractivity contribution in [2.24, 2.45) is 0 Å². The molecule has 1 aromatic carbocycles. The number of alkyl carbamates (subject to hydrolysis) is 1. The average molecular weight is 334 g/mol. The van der Waals surface area contributed by atoms with E-state index in [2.05, 4.69) is 17.2 Å². The van der Waals surface area contributed by atoms with Crippen molar-refractivity contribution >= 4 is 18.0 Å². The maximum atomic E-state index is 11.7. The number of amides is 2. The number of carbonyl (C=O) groups excluding carboxylic acids is 2. The number of carboxylic acids is 1. The van der Waals surface area contributed by atoms with E-state index in [-0.39, 0.29) is 13.2 Å². The summed E-state index contributed by atoms with van der Waals surface area (Å²) in [5, 5.41) is 13.7. The molecular weight excluding hydrogens is 312 g/mol. The minimum Gasteiger partial charge on any atom is -0.480 e. The van der Waals surface area contributed by atoms with Crippen LogP contribution in [0.2, 0.25) is 0 Å². The fraction of sp³-hybridized carbons (Fsp3) is 0.353. The summed E-state index contributed by atoms with van der Waals surface area (Å²) in [6, 6.07) is 8.12. The zero-order valence-corrected chi connectivity index (χ0v) is 13.4. The van der Waals surface area contributed by atoms with Gasteiger partial charge in [0.1, 0.15) is 19.2 Å². The predicted octanol–water partition coefficient (Wildman–Crippen LogP) is 1.84. The molecule has 0 saturated carbocycles. The summed E-state index contributed by atoms with van der Waals surface area (Å²) in [7, 11) is 0. The molecule has 3 N–H and O–H groups in total. The zero-order valence-electron chi connectivity index (χ0n) is 13.4. The van der Waals surface area contributed by atoms with Crippen LogP contribution >= 0.6 is 0 Å². The summed E-state index contributed by atoms with van der Waals surface area (Å²) in [5.41, 5.74) is 0.824. The second-order valence-electron chi connectivity index (χ2n) is 5.09. The van der Waals surface area contributed by atoms with E-state index < -0.39 is 24.0 Å². The van der Waals surface area contributed by atoms with Crippen LogP contribution in [0.3, 0.4) is 0 Å². The van der Waals surface area contributed by atoms with Crippen LogP contribution in [0.1, 0.15) is 24.8 Å². The molecule has 0 saturated heterocycles. The molecule has 0 aliphatic heterocycles. The molecule has 0 fully saturated rings. The van der Waals surface area contributed by atoms with Crippen molar-refractivity contribution in [1.29, 1.82) is 0 Å². The monoisotopic (exact) mass is 334 g/mol. The lowest BCUT2D eigenvalue weighted by Crippen LogP contribution is -2.45. The summed E-state index contributed by atoms with van der Waals surface area (Å²) in [6.07, 6.45) is 2.51. The Labute approximate surface area is 140 Å². The van der Waals surface area contributed by atoms with E-state index in [1.165, 1.54) is 0 Å². The van der Waals surface area contributed by atoms with Gasteiger partial charge in [-0.25, -0.2) is 9.59 Å². The van der Waals surface area contributed by atoms with E-state index in [0.29, 0.717) is 19.3 Å². The molecule has 7 nitrogen and oxygen atoms in total. The Balaban J connectivity index is 2.29. The van der Waals surface area contributed by atoms with Gasteiger partial charge in [0, 0.05) is 0 Å². The molecule has 0 radical (unpaired) electrons. The lowest BCUT2D eigenvalue weighted by Gasteiger charge is -2.14. The first kappa shape index (κ1) is 19.2. The number of benzene rings is 1. The van der Waals surface area contributed by atoms with Crippen molar-refractivity contribution in [3.05, 3.63) is 48.6 Å². The Bertz CT molecular complexity index is 559. The fourth-order valence-electron chi connectivity index (χ4n) is 1.90. The summed E-state index contributed by atoms with van der Waals surface area (Å²) in [5.74, 6) is -1.70. The molecular formula is C17H22N2O5. The van der Waals surface area contributed by atoms with E-state index in [1.807, 2.05) is 18.2 Å². The quantitative estimate of drug-likeness (QED) is 0.447. The molecule has 24 heavy (non-hydrogen) atoms. The highest BCUT2D eigenvalue weighted by atomic mass is 16.5. The number of carbonyl (C=O) groups is 3. The molecule has 0 heterocycles. The molecule has 130 valence electrons. The van der Waals surface area contributed by atoms with Crippen LogP contribution in [0.5, 0.6) is 0 Å². The van der Waals surface area contributed by atoms with E-state index >= 15 is 0 Å². The second kappa shape index (κ2) is 10.8. The fourth-order valence-corrected chi connectivity index (χ4v) is 1.90. The van der Waals surface area contributed by atoms with Crippen molar-refractivity contribution in [1.82, 2.24) is 10.6 Å². The number of ether oxygens (including phenoxy) is 1. The topological polar surface area (TPSA) is 105 Å². The highest BCUT2D eigenvalue weighted by molar-refractivity contribution is 5.86. The molecule has 0 aliphatic carbocycles. The van der Waals surface area contributed by atoms with Gasteiger partial charge < -0.3 is 20.5 Å². The molecule has 0 bridgehead atoms. The molecule has 0 spiro atoms. The minimum absolute atomic E-state index is 0.0909. The molecule has 1 aromatic rings. The Hall–Kier alpha value is -2.83. The molecule has 0 aromatic heterocycles. The Kier molecular flexibility index (Phi) is 8.67. The van der Waals surface area contributed by atoms with Crippen LogP contribution in [0.4, 0.5) is 4.79 Å². The molecule has 7 heteroatoms. The van der Waals surface area contributed by atoms with Gasteiger partial charge in [-0.15, -0.1) is 6.58 Å². The van der Waals surface area contributed by atoms with Crippen molar-refractivity contribution in [2.75, 3.05) is 6.54 Å². The second-order valence-corrected chi connectivity index (χ2v) is 5.09. The normalized spacial score (nSPS) is 11.2. The van der Waals surface area contributed by atoms with Crippen molar-refractivity contribution in [3.8, 4) is 0 Å². The zero-order chi connectivity index (χ0) is 17.8. The van der Waals surface area contributed by atoms with Crippen LogP contribution in [0.25, 0.3) is 0 Å². The van der Waals surface area contributed by atoms with Crippen LogP contribution in [0.15, 0.2) is 43.0 Å². The maximum absolute atomic E-state index is 11.7. The summed E-state index contributed by atoms with van der Waals surface area (Å²) in [4.78, 5) is 34.3. The predicted molar refractivity (Wildman–Crippen MR) is 88.2 cm³/mol. The van der Waals surface area contributed by atoms with Gasteiger partial charge in [-0.2, -0.15) is 0 Å². The lowest BCUT2D eigenvalue weighted by molar-refractivity contribution is -0.141. The number of rotatable bonds is 10. The average Bonchev–Trinajstić information content (AvgIpc) is 2.58. The largest absolute Gasteiger partial charge is 0.480 e. The van der Waals surface area contributed by atoms with Gasteiger partial charge in [-0.1, -0.05) is 36.4 Å².